The Hall–Kier alpha value is -3.08. The van der Waals surface area contributed by atoms with Gasteiger partial charge in [-0.15, -0.1) is 0 Å². The van der Waals surface area contributed by atoms with E-state index in [4.69, 9.17) is 4.42 Å². The molecular formula is C22H22N2O3. The molecule has 0 bridgehead atoms. The average molecular weight is 362 g/mol. The molecule has 1 amide bonds. The van der Waals surface area contributed by atoms with E-state index >= 15 is 0 Å². The molecule has 3 aromatic rings. The Bertz CT molecular complexity index is 1060. The first-order chi connectivity index (χ1) is 13.0. The fraction of sp³-hybridized carbons (Fsp3) is 0.273. The maximum Gasteiger partial charge on any atom is 0.336 e. The van der Waals surface area contributed by atoms with E-state index in [1.54, 1.807) is 0 Å². The molecule has 0 atom stereocenters. The minimum atomic E-state index is -0.342. The van der Waals surface area contributed by atoms with Gasteiger partial charge in [-0.25, -0.2) is 4.79 Å². The van der Waals surface area contributed by atoms with E-state index in [9.17, 15) is 9.59 Å². The first-order valence-corrected chi connectivity index (χ1v) is 9.19. The summed E-state index contributed by atoms with van der Waals surface area (Å²) in [5.41, 5.74) is 5.01. The number of carbonyl (C=O) groups excluding carboxylic acids is 1. The van der Waals surface area contributed by atoms with Crippen LogP contribution in [0.2, 0.25) is 0 Å². The van der Waals surface area contributed by atoms with Gasteiger partial charge in [0.15, 0.2) is 0 Å². The van der Waals surface area contributed by atoms with E-state index < -0.39 is 0 Å². The molecule has 1 saturated carbocycles. The molecule has 2 aromatic carbocycles. The summed E-state index contributed by atoms with van der Waals surface area (Å²) in [6.07, 6.45) is 1.98. The normalized spacial score (nSPS) is 13.6. The van der Waals surface area contributed by atoms with Crippen LogP contribution in [0.4, 0.5) is 11.4 Å². The van der Waals surface area contributed by atoms with E-state index in [2.05, 4.69) is 10.6 Å². The van der Waals surface area contributed by atoms with Crippen molar-refractivity contribution < 1.29 is 9.21 Å². The Morgan fingerprint density at radius 1 is 1.07 bits per heavy atom. The molecule has 1 heterocycles. The number of hydrogen-bond donors (Lipinski definition) is 2. The molecule has 1 aromatic heterocycles. The van der Waals surface area contributed by atoms with Crippen LogP contribution in [0.3, 0.4) is 0 Å². The van der Waals surface area contributed by atoms with Crippen LogP contribution in [-0.2, 0) is 11.3 Å². The van der Waals surface area contributed by atoms with Gasteiger partial charge in [-0.2, -0.15) is 0 Å². The summed E-state index contributed by atoms with van der Waals surface area (Å²) in [7, 11) is 0. The second-order valence-corrected chi connectivity index (χ2v) is 7.17. The summed E-state index contributed by atoms with van der Waals surface area (Å²) in [6.45, 7) is 4.48. The highest BCUT2D eigenvalue weighted by Crippen LogP contribution is 2.30. The highest BCUT2D eigenvalue weighted by molar-refractivity contribution is 5.94. The maximum atomic E-state index is 12.0. The monoisotopic (exact) mass is 362 g/mol. The third-order valence-corrected chi connectivity index (χ3v) is 5.10. The van der Waals surface area contributed by atoms with Gasteiger partial charge in [-0.1, -0.05) is 12.1 Å². The number of nitrogens with one attached hydrogen (secondary N) is 2. The quantitative estimate of drug-likeness (QED) is 0.661. The Balaban J connectivity index is 1.50. The molecular weight excluding hydrogens is 340 g/mol. The topological polar surface area (TPSA) is 71.3 Å². The van der Waals surface area contributed by atoms with Gasteiger partial charge in [0.2, 0.25) is 5.91 Å². The smallest absolute Gasteiger partial charge is 0.336 e. The van der Waals surface area contributed by atoms with E-state index in [0.29, 0.717) is 12.1 Å². The zero-order chi connectivity index (χ0) is 19.0. The molecule has 1 aliphatic rings. The van der Waals surface area contributed by atoms with E-state index in [1.165, 1.54) is 6.07 Å². The molecule has 4 rings (SSSR count). The summed E-state index contributed by atoms with van der Waals surface area (Å²) in [5, 5.41) is 7.21. The second kappa shape index (κ2) is 6.91. The van der Waals surface area contributed by atoms with Crippen LogP contribution in [-0.4, -0.2) is 5.91 Å². The number of aryl methyl sites for hydroxylation is 2. The zero-order valence-electron chi connectivity index (χ0n) is 15.5. The Morgan fingerprint density at radius 2 is 1.78 bits per heavy atom. The highest BCUT2D eigenvalue weighted by atomic mass is 16.4. The van der Waals surface area contributed by atoms with Crippen molar-refractivity contribution in [1.29, 1.82) is 0 Å². The van der Waals surface area contributed by atoms with Gasteiger partial charge in [0.05, 0.1) is 0 Å². The Kier molecular flexibility index (Phi) is 4.44. The lowest BCUT2D eigenvalue weighted by atomic mass is 10.0. The van der Waals surface area contributed by atoms with Crippen LogP contribution in [0.25, 0.3) is 11.0 Å². The van der Waals surface area contributed by atoms with Gasteiger partial charge in [-0.3, -0.25) is 4.79 Å². The molecule has 1 fully saturated rings. The van der Waals surface area contributed by atoms with Crippen LogP contribution in [0.5, 0.6) is 0 Å². The summed E-state index contributed by atoms with van der Waals surface area (Å²) in [6, 6.07) is 13.2. The molecule has 0 radical (unpaired) electrons. The Morgan fingerprint density at radius 3 is 2.48 bits per heavy atom. The number of rotatable bonds is 5. The second-order valence-electron chi connectivity index (χ2n) is 7.17. The number of hydrogen-bond acceptors (Lipinski definition) is 4. The lowest BCUT2D eigenvalue weighted by molar-refractivity contribution is -0.117. The van der Waals surface area contributed by atoms with Crippen molar-refractivity contribution in [3.63, 3.8) is 0 Å². The molecule has 0 unspecified atom stereocenters. The summed E-state index contributed by atoms with van der Waals surface area (Å²) in [5.74, 6) is 0.289. The summed E-state index contributed by atoms with van der Waals surface area (Å²) in [4.78, 5) is 23.8. The molecule has 2 N–H and O–H groups in total. The minimum Gasteiger partial charge on any atom is -0.422 e. The van der Waals surface area contributed by atoms with Gasteiger partial charge in [-0.05, 0) is 67.6 Å². The predicted octanol–water partition coefficient (Wildman–Crippen LogP) is 4.37. The van der Waals surface area contributed by atoms with Crippen molar-refractivity contribution in [3.05, 3.63) is 69.6 Å². The average Bonchev–Trinajstić information content (AvgIpc) is 3.49. The van der Waals surface area contributed by atoms with Gasteiger partial charge in [0.25, 0.3) is 0 Å². The van der Waals surface area contributed by atoms with E-state index in [0.717, 1.165) is 46.3 Å². The van der Waals surface area contributed by atoms with Crippen molar-refractivity contribution in [1.82, 2.24) is 0 Å². The lowest BCUT2D eigenvalue weighted by Crippen LogP contribution is -2.13. The Labute approximate surface area is 157 Å². The molecule has 0 saturated heterocycles. The van der Waals surface area contributed by atoms with Crippen LogP contribution in [0.15, 0.2) is 51.7 Å². The van der Waals surface area contributed by atoms with Gasteiger partial charge >= 0.3 is 5.63 Å². The highest BCUT2D eigenvalue weighted by Gasteiger charge is 2.29. The van der Waals surface area contributed by atoms with Gasteiger partial charge < -0.3 is 15.1 Å². The molecule has 0 aliphatic heterocycles. The van der Waals surface area contributed by atoms with Gasteiger partial charge in [0, 0.05) is 35.3 Å². The van der Waals surface area contributed by atoms with E-state index in [1.807, 2.05) is 50.2 Å². The fourth-order valence-corrected chi connectivity index (χ4v) is 3.13. The van der Waals surface area contributed by atoms with Crippen LogP contribution in [0, 0.1) is 19.8 Å². The molecule has 1 aliphatic carbocycles. The molecule has 5 nitrogen and oxygen atoms in total. The molecule has 0 spiro atoms. The van der Waals surface area contributed by atoms with Crippen LogP contribution < -0.4 is 16.3 Å². The van der Waals surface area contributed by atoms with Crippen molar-refractivity contribution in [2.75, 3.05) is 10.6 Å². The minimum absolute atomic E-state index is 0.101. The first-order valence-electron chi connectivity index (χ1n) is 9.19. The summed E-state index contributed by atoms with van der Waals surface area (Å²) < 4.78 is 5.42. The predicted molar refractivity (Wildman–Crippen MR) is 107 cm³/mol. The van der Waals surface area contributed by atoms with Crippen LogP contribution >= 0.6 is 0 Å². The maximum absolute atomic E-state index is 12.0. The third kappa shape index (κ3) is 3.72. The summed E-state index contributed by atoms with van der Waals surface area (Å²) >= 11 is 0. The van der Waals surface area contributed by atoms with Crippen molar-refractivity contribution >= 4 is 28.3 Å². The van der Waals surface area contributed by atoms with Gasteiger partial charge in [0.1, 0.15) is 5.58 Å². The van der Waals surface area contributed by atoms with Crippen molar-refractivity contribution in [2.45, 2.75) is 33.2 Å². The first kappa shape index (κ1) is 17.3. The number of fused-ring (bicyclic) bond motifs is 1. The largest absolute Gasteiger partial charge is 0.422 e. The zero-order valence-corrected chi connectivity index (χ0v) is 15.5. The number of benzene rings is 2. The third-order valence-electron chi connectivity index (χ3n) is 5.10. The standard InChI is InChI=1S/C22H22N2O3/c1-13-3-10-19-16(11-20(25)27-21(19)14(13)2)12-23-17-6-8-18(9-7-17)24-22(26)15-4-5-15/h3,6-11,15,23H,4-5,12H2,1-2H3,(H,24,26). The molecule has 138 valence electrons. The SMILES string of the molecule is Cc1ccc2c(CNc3ccc(NC(=O)C4CC4)cc3)cc(=O)oc2c1C. The van der Waals surface area contributed by atoms with Crippen molar-refractivity contribution in [3.8, 4) is 0 Å². The number of amides is 1. The molecule has 5 heteroatoms. The van der Waals surface area contributed by atoms with Crippen LogP contribution in [0.1, 0.15) is 29.5 Å². The number of carbonyl (C=O) groups is 1. The van der Waals surface area contributed by atoms with E-state index in [-0.39, 0.29) is 17.5 Å². The fourth-order valence-electron chi connectivity index (χ4n) is 3.13. The lowest BCUT2D eigenvalue weighted by Gasteiger charge is -2.11. The van der Waals surface area contributed by atoms with Crippen molar-refractivity contribution in [2.24, 2.45) is 5.92 Å². The molecule has 27 heavy (non-hydrogen) atoms. The number of anilines is 2.